The summed E-state index contributed by atoms with van der Waals surface area (Å²) in [6.07, 6.45) is -3.98. The van der Waals surface area contributed by atoms with Crippen molar-refractivity contribution in [1.82, 2.24) is 9.97 Å². The topological polar surface area (TPSA) is 112 Å². The van der Waals surface area contributed by atoms with E-state index >= 15 is 0 Å². The van der Waals surface area contributed by atoms with Gasteiger partial charge in [-0.1, -0.05) is 11.8 Å². The molecule has 4 atom stereocenters. The minimum atomic E-state index is -4.57. The Balaban J connectivity index is 1.52. The molecule has 0 radical (unpaired) electrons. The predicted molar refractivity (Wildman–Crippen MR) is 122 cm³/mol. The van der Waals surface area contributed by atoms with Crippen molar-refractivity contribution in [2.24, 2.45) is 16.6 Å². The first-order valence-electron chi connectivity index (χ1n) is 10.6. The summed E-state index contributed by atoms with van der Waals surface area (Å²) in [6, 6.07) is 4.10. The number of hydrogen-bond donors (Lipinski definition) is 2. The largest absolute Gasteiger partial charge is 0.464 e. The molecule has 0 bridgehead atoms. The van der Waals surface area contributed by atoms with Gasteiger partial charge in [0.15, 0.2) is 11.3 Å². The molecule has 0 spiro atoms. The van der Waals surface area contributed by atoms with Crippen molar-refractivity contribution in [1.29, 1.82) is 0 Å². The maximum atomic E-state index is 14.9. The van der Waals surface area contributed by atoms with Crippen LogP contribution >= 0.6 is 11.8 Å². The zero-order valence-electron chi connectivity index (χ0n) is 19.0. The molecule has 8 nitrogen and oxygen atoms in total. The van der Waals surface area contributed by atoms with Gasteiger partial charge in [-0.05, 0) is 38.5 Å². The lowest BCUT2D eigenvalue weighted by atomic mass is 9.85. The highest BCUT2D eigenvalue weighted by atomic mass is 32.2. The molecular formula is C22H23F4N5O3S. The Kier molecular flexibility index (Phi) is 6.43. The molecule has 0 saturated heterocycles. The minimum Gasteiger partial charge on any atom is -0.464 e. The smallest absolute Gasteiger partial charge is 0.425 e. The third-order valence-electron chi connectivity index (χ3n) is 6.13. The second-order valence-corrected chi connectivity index (χ2v) is 10.1. The third-order valence-corrected chi connectivity index (χ3v) is 7.41. The molecular weight excluding hydrogens is 490 g/mol. The number of ether oxygens (including phenoxy) is 2. The zero-order valence-corrected chi connectivity index (χ0v) is 19.8. The number of methoxy groups -OCH3 is 1. The van der Waals surface area contributed by atoms with E-state index in [2.05, 4.69) is 25.0 Å². The number of halogens is 4. The van der Waals surface area contributed by atoms with Crippen LogP contribution in [-0.2, 0) is 10.3 Å². The number of nitrogens with two attached hydrogens (primary N) is 1. The summed E-state index contributed by atoms with van der Waals surface area (Å²) in [7, 11) is 1.60. The normalized spacial score (nSPS) is 26.4. The Bertz CT molecular complexity index is 1160. The van der Waals surface area contributed by atoms with Gasteiger partial charge in [-0.3, -0.25) is 9.79 Å². The summed E-state index contributed by atoms with van der Waals surface area (Å²) in [5.41, 5.74) is 5.51. The van der Waals surface area contributed by atoms with Crippen LogP contribution in [-0.4, -0.2) is 51.8 Å². The molecule has 3 N–H and O–H groups in total. The molecule has 1 aromatic heterocycles. The Hall–Kier alpha value is -2.93. The van der Waals surface area contributed by atoms with E-state index < -0.39 is 29.5 Å². The van der Waals surface area contributed by atoms with Crippen LogP contribution in [0.3, 0.4) is 0 Å². The van der Waals surface area contributed by atoms with Crippen molar-refractivity contribution in [3.8, 4) is 5.88 Å². The number of nitrogens with one attached hydrogen (secondary N) is 1. The number of aromatic nitrogens is 2. The van der Waals surface area contributed by atoms with Gasteiger partial charge in [0.25, 0.3) is 5.91 Å². The fraction of sp³-hybridized carbons (Fsp3) is 0.455. The van der Waals surface area contributed by atoms with Crippen LogP contribution in [0.25, 0.3) is 0 Å². The number of anilines is 1. The molecule has 1 amide bonds. The number of thioether (sulfide) groups is 1. The average Bonchev–Trinajstić information content (AvgIpc) is 3.49. The van der Waals surface area contributed by atoms with E-state index in [0.717, 1.165) is 25.7 Å². The maximum absolute atomic E-state index is 14.9. The molecule has 2 unspecified atom stereocenters. The molecule has 1 aliphatic carbocycles. The number of hydrogen-bond acceptors (Lipinski definition) is 8. The molecule has 2 heterocycles. The summed E-state index contributed by atoms with van der Waals surface area (Å²) < 4.78 is 62.6. The average molecular weight is 514 g/mol. The van der Waals surface area contributed by atoms with Crippen molar-refractivity contribution in [3.63, 3.8) is 0 Å². The molecule has 1 aromatic carbocycles. The highest BCUT2D eigenvalue weighted by Crippen LogP contribution is 2.66. The number of amidine groups is 1. The fourth-order valence-electron chi connectivity index (χ4n) is 4.26. The molecule has 1 aliphatic heterocycles. The van der Waals surface area contributed by atoms with Gasteiger partial charge in [0.05, 0.1) is 29.3 Å². The molecule has 1 fully saturated rings. The first-order chi connectivity index (χ1) is 16.4. The quantitative estimate of drug-likeness (QED) is 0.541. The highest BCUT2D eigenvalue weighted by Gasteiger charge is 2.66. The van der Waals surface area contributed by atoms with Gasteiger partial charge in [0.2, 0.25) is 5.88 Å². The van der Waals surface area contributed by atoms with Crippen LogP contribution in [0.15, 0.2) is 35.6 Å². The number of rotatable bonds is 7. The van der Waals surface area contributed by atoms with Crippen LogP contribution in [0.1, 0.15) is 36.3 Å². The standard InChI is InChI=1S/C22H23F4N5O3S/c1-11(22(24,25)26)34-17-9-28-15(8-29-17)18(32)30-12-4-5-14(23)13(6-12)20(2)16-7-21(16,10-33-3)35-19(27)31-20/h4-6,8-9,11,16H,7,10H2,1-3H3,(H2,27,31)(H,30,32)/t11?,16?,20-,21-/m1/s1. The van der Waals surface area contributed by atoms with Crippen molar-refractivity contribution < 1.29 is 31.8 Å². The van der Waals surface area contributed by atoms with E-state index in [9.17, 15) is 22.4 Å². The van der Waals surface area contributed by atoms with Crippen molar-refractivity contribution >= 4 is 28.5 Å². The Labute approximate surface area is 202 Å². The van der Waals surface area contributed by atoms with Gasteiger partial charge in [-0.25, -0.2) is 14.4 Å². The molecule has 188 valence electrons. The summed E-state index contributed by atoms with van der Waals surface area (Å²) in [4.78, 5) is 24.7. The number of alkyl halides is 3. The Morgan fingerprint density at radius 2 is 2.09 bits per heavy atom. The van der Waals surface area contributed by atoms with Gasteiger partial charge in [-0.2, -0.15) is 13.2 Å². The molecule has 2 aromatic rings. The van der Waals surface area contributed by atoms with Gasteiger partial charge < -0.3 is 20.5 Å². The number of carbonyl (C=O) groups is 1. The lowest BCUT2D eigenvalue weighted by molar-refractivity contribution is -0.190. The molecule has 2 aliphatic rings. The fourth-order valence-corrected chi connectivity index (χ4v) is 5.71. The second kappa shape index (κ2) is 8.94. The lowest BCUT2D eigenvalue weighted by Crippen LogP contribution is -2.37. The van der Waals surface area contributed by atoms with Crippen LogP contribution in [0.5, 0.6) is 5.88 Å². The number of benzene rings is 1. The molecule has 4 rings (SSSR count). The number of aliphatic imine (C=N–C) groups is 1. The summed E-state index contributed by atoms with van der Waals surface area (Å²) in [5.74, 6) is -1.56. The number of fused-ring (bicyclic) bond motifs is 1. The van der Waals surface area contributed by atoms with E-state index in [1.807, 2.05) is 0 Å². The summed E-state index contributed by atoms with van der Waals surface area (Å²) >= 11 is 1.43. The molecule has 13 heteroatoms. The van der Waals surface area contributed by atoms with Gasteiger partial charge in [0, 0.05) is 24.3 Å². The highest BCUT2D eigenvalue weighted by molar-refractivity contribution is 8.15. The SMILES string of the molecule is COC[C@]12CC1[C@@](C)(c1cc(NC(=O)c3cnc(OC(C)C(F)(F)F)cn3)ccc1F)N=C(N)S2. The first kappa shape index (κ1) is 25.2. The van der Waals surface area contributed by atoms with Crippen molar-refractivity contribution in [2.45, 2.75) is 42.8 Å². The van der Waals surface area contributed by atoms with E-state index in [1.54, 1.807) is 14.0 Å². The molecule has 1 saturated carbocycles. The van der Waals surface area contributed by atoms with Crippen LogP contribution < -0.4 is 15.8 Å². The van der Waals surface area contributed by atoms with Crippen molar-refractivity contribution in [2.75, 3.05) is 19.0 Å². The zero-order chi connectivity index (χ0) is 25.6. The third kappa shape index (κ3) is 4.92. The monoisotopic (exact) mass is 513 g/mol. The lowest BCUT2D eigenvalue weighted by Gasteiger charge is -2.34. The maximum Gasteiger partial charge on any atom is 0.425 e. The molecule has 35 heavy (non-hydrogen) atoms. The van der Waals surface area contributed by atoms with E-state index in [4.69, 9.17) is 10.5 Å². The Morgan fingerprint density at radius 3 is 2.71 bits per heavy atom. The summed E-state index contributed by atoms with van der Waals surface area (Å²) in [6.45, 7) is 3.09. The van der Waals surface area contributed by atoms with Gasteiger partial charge in [0.1, 0.15) is 11.5 Å². The van der Waals surface area contributed by atoms with E-state index in [1.165, 1.54) is 30.0 Å². The first-order valence-corrected chi connectivity index (χ1v) is 11.4. The van der Waals surface area contributed by atoms with Gasteiger partial charge in [-0.15, -0.1) is 0 Å². The minimum absolute atomic E-state index is 0.00907. The van der Waals surface area contributed by atoms with Crippen molar-refractivity contribution in [3.05, 3.63) is 47.7 Å². The summed E-state index contributed by atoms with van der Waals surface area (Å²) in [5, 5.41) is 2.94. The number of nitrogens with zero attached hydrogens (tertiary/aromatic N) is 3. The van der Waals surface area contributed by atoms with Crippen LogP contribution in [0, 0.1) is 11.7 Å². The number of amides is 1. The van der Waals surface area contributed by atoms with E-state index in [0.29, 0.717) is 11.8 Å². The number of carbonyl (C=O) groups excluding carboxylic acids is 1. The van der Waals surface area contributed by atoms with Crippen LogP contribution in [0.4, 0.5) is 23.2 Å². The second-order valence-electron chi connectivity index (χ2n) is 8.64. The van der Waals surface area contributed by atoms with Gasteiger partial charge >= 0.3 is 6.18 Å². The van der Waals surface area contributed by atoms with E-state index in [-0.39, 0.29) is 33.5 Å². The Morgan fingerprint density at radius 1 is 1.34 bits per heavy atom. The van der Waals surface area contributed by atoms with Crippen LogP contribution in [0.2, 0.25) is 0 Å². The predicted octanol–water partition coefficient (Wildman–Crippen LogP) is 3.88.